The smallest absolute Gasteiger partial charge is 0.248 e. The van der Waals surface area contributed by atoms with Crippen molar-refractivity contribution in [1.82, 2.24) is 9.97 Å². The summed E-state index contributed by atoms with van der Waals surface area (Å²) >= 11 is 6.85. The van der Waals surface area contributed by atoms with E-state index in [0.717, 1.165) is 11.3 Å². The van der Waals surface area contributed by atoms with Gasteiger partial charge in [-0.25, -0.2) is 18.5 Å². The fraction of sp³-hybridized carbons (Fsp3) is 0. The van der Waals surface area contributed by atoms with Crippen LogP contribution in [0.2, 0.25) is 5.15 Å². The zero-order chi connectivity index (χ0) is 11.8. The molecule has 5 nitrogen and oxygen atoms in total. The second-order valence-corrected chi connectivity index (χ2v) is 5.89. The van der Waals surface area contributed by atoms with Gasteiger partial charge in [-0.05, 0) is 11.4 Å². The van der Waals surface area contributed by atoms with Gasteiger partial charge in [-0.3, -0.25) is 4.98 Å². The summed E-state index contributed by atoms with van der Waals surface area (Å²) in [6.07, 6.45) is 2.86. The zero-order valence-electron chi connectivity index (χ0n) is 7.79. The van der Waals surface area contributed by atoms with Gasteiger partial charge in [-0.15, -0.1) is 11.3 Å². The SMILES string of the molecule is NS(=O)(=O)c1sccc1-c1nccnc1Cl. The monoisotopic (exact) mass is 275 g/mol. The van der Waals surface area contributed by atoms with Crippen molar-refractivity contribution in [3.63, 3.8) is 0 Å². The molecule has 2 rings (SSSR count). The van der Waals surface area contributed by atoms with Gasteiger partial charge in [-0.2, -0.15) is 0 Å². The maximum absolute atomic E-state index is 11.3. The maximum atomic E-state index is 11.3. The first kappa shape index (κ1) is 11.5. The molecule has 2 heterocycles. The van der Waals surface area contributed by atoms with Crippen molar-refractivity contribution in [2.24, 2.45) is 5.14 Å². The Balaban J connectivity index is 2.68. The highest BCUT2D eigenvalue weighted by atomic mass is 35.5. The van der Waals surface area contributed by atoms with Gasteiger partial charge in [0.1, 0.15) is 9.90 Å². The van der Waals surface area contributed by atoms with Gasteiger partial charge in [0.2, 0.25) is 10.0 Å². The van der Waals surface area contributed by atoms with Crippen LogP contribution in [0.1, 0.15) is 0 Å². The fourth-order valence-electron chi connectivity index (χ4n) is 1.19. The van der Waals surface area contributed by atoms with Crippen molar-refractivity contribution < 1.29 is 8.42 Å². The Morgan fingerprint density at radius 1 is 1.31 bits per heavy atom. The van der Waals surface area contributed by atoms with Crippen LogP contribution in [0.5, 0.6) is 0 Å². The van der Waals surface area contributed by atoms with E-state index in [1.807, 2.05) is 0 Å². The van der Waals surface area contributed by atoms with Gasteiger partial charge < -0.3 is 0 Å². The molecule has 0 aliphatic heterocycles. The van der Waals surface area contributed by atoms with E-state index in [1.54, 1.807) is 11.4 Å². The van der Waals surface area contributed by atoms with Crippen LogP contribution in [-0.2, 0) is 10.0 Å². The molecule has 2 aromatic rings. The number of nitrogens with two attached hydrogens (primary N) is 1. The number of halogens is 1. The summed E-state index contributed by atoms with van der Waals surface area (Å²) in [4.78, 5) is 7.82. The molecule has 0 fully saturated rings. The second kappa shape index (κ2) is 4.10. The third-order valence-electron chi connectivity index (χ3n) is 1.80. The van der Waals surface area contributed by atoms with Crippen molar-refractivity contribution in [2.45, 2.75) is 4.21 Å². The van der Waals surface area contributed by atoms with Crippen molar-refractivity contribution in [3.8, 4) is 11.3 Å². The molecule has 0 spiro atoms. The van der Waals surface area contributed by atoms with Gasteiger partial charge in [0.15, 0.2) is 5.15 Å². The highest BCUT2D eigenvalue weighted by Crippen LogP contribution is 2.32. The summed E-state index contributed by atoms with van der Waals surface area (Å²) < 4.78 is 22.6. The van der Waals surface area contributed by atoms with Crippen LogP contribution in [0.25, 0.3) is 11.3 Å². The molecule has 0 atom stereocenters. The summed E-state index contributed by atoms with van der Waals surface area (Å²) in [6.45, 7) is 0. The molecule has 2 aromatic heterocycles. The van der Waals surface area contributed by atoms with E-state index in [-0.39, 0.29) is 9.36 Å². The standard InChI is InChI=1S/C8H6ClN3O2S2/c9-7-6(11-2-3-12-7)5-1-4-15-8(5)16(10,13)14/h1-4H,(H2,10,13,14). The van der Waals surface area contributed by atoms with E-state index in [9.17, 15) is 8.42 Å². The third-order valence-corrected chi connectivity index (χ3v) is 4.50. The first-order chi connectivity index (χ1) is 7.50. The summed E-state index contributed by atoms with van der Waals surface area (Å²) in [5.41, 5.74) is 0.694. The Morgan fingerprint density at radius 3 is 2.62 bits per heavy atom. The zero-order valence-corrected chi connectivity index (χ0v) is 10.2. The van der Waals surface area contributed by atoms with Crippen LogP contribution in [-0.4, -0.2) is 18.4 Å². The van der Waals surface area contributed by atoms with Crippen molar-refractivity contribution in [1.29, 1.82) is 0 Å². The Kier molecular flexibility index (Phi) is 2.94. The molecule has 2 N–H and O–H groups in total. The predicted molar refractivity (Wildman–Crippen MR) is 61.7 cm³/mol. The third kappa shape index (κ3) is 2.07. The highest BCUT2D eigenvalue weighted by molar-refractivity contribution is 7.91. The maximum Gasteiger partial charge on any atom is 0.248 e. The van der Waals surface area contributed by atoms with Crippen LogP contribution in [0, 0.1) is 0 Å². The molecule has 16 heavy (non-hydrogen) atoms. The number of nitrogens with zero attached hydrogens (tertiary/aromatic N) is 2. The first-order valence-corrected chi connectivity index (χ1v) is 6.87. The second-order valence-electron chi connectivity index (χ2n) is 2.86. The average Bonchev–Trinajstić information content (AvgIpc) is 2.66. The Bertz CT molecular complexity index is 624. The summed E-state index contributed by atoms with van der Waals surface area (Å²) in [6, 6.07) is 1.60. The number of thiophene rings is 1. The topological polar surface area (TPSA) is 85.9 Å². The van der Waals surface area contributed by atoms with Gasteiger partial charge in [0.05, 0.1) is 0 Å². The predicted octanol–water partition coefficient (Wildman–Crippen LogP) is 1.51. The van der Waals surface area contributed by atoms with E-state index >= 15 is 0 Å². The minimum absolute atomic E-state index is 0.0369. The van der Waals surface area contributed by atoms with Crippen LogP contribution in [0.4, 0.5) is 0 Å². The lowest BCUT2D eigenvalue weighted by atomic mass is 10.2. The number of aromatic nitrogens is 2. The van der Waals surface area contributed by atoms with Gasteiger partial charge >= 0.3 is 0 Å². The molecule has 84 valence electrons. The van der Waals surface area contributed by atoms with Crippen LogP contribution >= 0.6 is 22.9 Å². The van der Waals surface area contributed by atoms with E-state index in [4.69, 9.17) is 16.7 Å². The van der Waals surface area contributed by atoms with E-state index in [2.05, 4.69) is 9.97 Å². The minimum Gasteiger partial charge on any atom is -0.251 e. The van der Waals surface area contributed by atoms with E-state index in [1.165, 1.54) is 12.4 Å². The van der Waals surface area contributed by atoms with Crippen molar-refractivity contribution in [3.05, 3.63) is 29.0 Å². The lowest BCUT2D eigenvalue weighted by Gasteiger charge is -2.02. The summed E-state index contributed by atoms with van der Waals surface area (Å²) in [5, 5.41) is 6.84. The molecule has 0 amide bonds. The Hall–Kier alpha value is -1.02. The molecule has 8 heteroatoms. The van der Waals surface area contributed by atoms with Crippen molar-refractivity contribution >= 4 is 33.0 Å². The average molecular weight is 276 g/mol. The van der Waals surface area contributed by atoms with Crippen molar-refractivity contribution in [2.75, 3.05) is 0 Å². The van der Waals surface area contributed by atoms with E-state index in [0.29, 0.717) is 11.3 Å². The lowest BCUT2D eigenvalue weighted by Crippen LogP contribution is -2.11. The number of hydrogen-bond acceptors (Lipinski definition) is 5. The van der Waals surface area contributed by atoms with Crippen LogP contribution < -0.4 is 5.14 Å². The van der Waals surface area contributed by atoms with Gasteiger partial charge in [0, 0.05) is 18.0 Å². The number of primary sulfonamides is 1. The normalized spacial score (nSPS) is 11.6. The molecule has 0 aliphatic rings. The first-order valence-electron chi connectivity index (χ1n) is 4.07. The molecule has 0 radical (unpaired) electrons. The molecule has 0 aliphatic carbocycles. The largest absolute Gasteiger partial charge is 0.251 e. The summed E-state index contributed by atoms with van der Waals surface area (Å²) in [5.74, 6) is 0. The lowest BCUT2D eigenvalue weighted by molar-refractivity contribution is 0.600. The Labute approximate surface area is 101 Å². The van der Waals surface area contributed by atoms with Gasteiger partial charge in [0.25, 0.3) is 0 Å². The number of rotatable bonds is 2. The quantitative estimate of drug-likeness (QED) is 0.900. The molecule has 0 saturated carbocycles. The fourth-order valence-corrected chi connectivity index (χ4v) is 3.19. The molecule has 0 unspecified atom stereocenters. The van der Waals surface area contributed by atoms with Crippen LogP contribution in [0.15, 0.2) is 28.0 Å². The van der Waals surface area contributed by atoms with Crippen LogP contribution in [0.3, 0.4) is 0 Å². The molecule has 0 bridgehead atoms. The van der Waals surface area contributed by atoms with E-state index < -0.39 is 10.0 Å². The molecular weight excluding hydrogens is 270 g/mol. The Morgan fingerprint density at radius 2 is 2.00 bits per heavy atom. The van der Waals surface area contributed by atoms with Gasteiger partial charge in [-0.1, -0.05) is 11.6 Å². The molecular formula is C8H6ClN3O2S2. The minimum atomic E-state index is -3.76. The summed E-state index contributed by atoms with van der Waals surface area (Å²) in [7, 11) is -3.76. The highest BCUT2D eigenvalue weighted by Gasteiger charge is 2.19. The molecule has 0 saturated heterocycles. The molecule has 0 aromatic carbocycles. The number of hydrogen-bond donors (Lipinski definition) is 1. The number of sulfonamides is 1.